The van der Waals surface area contributed by atoms with Crippen molar-refractivity contribution >= 4 is 15.9 Å². The van der Waals surface area contributed by atoms with Gasteiger partial charge in [0, 0.05) is 30.3 Å². The summed E-state index contributed by atoms with van der Waals surface area (Å²) in [5, 5.41) is 0. The van der Waals surface area contributed by atoms with Gasteiger partial charge in [0.25, 0.3) is 0 Å². The zero-order valence-corrected chi connectivity index (χ0v) is 12.0. The molecule has 19 heavy (non-hydrogen) atoms. The van der Waals surface area contributed by atoms with Gasteiger partial charge in [0.15, 0.2) is 0 Å². The van der Waals surface area contributed by atoms with Gasteiger partial charge in [-0.1, -0.05) is 6.07 Å². The molecule has 2 aromatic rings. The Balaban J connectivity index is 1.60. The Morgan fingerprint density at radius 3 is 2.89 bits per heavy atom. The van der Waals surface area contributed by atoms with Gasteiger partial charge in [-0.2, -0.15) is 4.98 Å². The fourth-order valence-corrected chi connectivity index (χ4v) is 2.20. The van der Waals surface area contributed by atoms with Crippen LogP contribution in [-0.2, 0) is 6.42 Å². The van der Waals surface area contributed by atoms with Crippen molar-refractivity contribution in [1.29, 1.82) is 0 Å². The third kappa shape index (κ3) is 3.50. The summed E-state index contributed by atoms with van der Waals surface area (Å²) in [5.41, 5.74) is 1.03. The summed E-state index contributed by atoms with van der Waals surface area (Å²) in [4.78, 5) is 13.1. The van der Waals surface area contributed by atoms with Crippen LogP contribution in [0.5, 0.6) is 5.88 Å². The van der Waals surface area contributed by atoms with Gasteiger partial charge in [0.05, 0.1) is 6.61 Å². The molecule has 0 spiro atoms. The Morgan fingerprint density at radius 2 is 2.16 bits per heavy atom. The van der Waals surface area contributed by atoms with Gasteiger partial charge in [-0.15, -0.1) is 0 Å². The van der Waals surface area contributed by atoms with E-state index in [1.165, 1.54) is 12.8 Å². The van der Waals surface area contributed by atoms with E-state index in [0.29, 0.717) is 18.4 Å². The molecule has 0 unspecified atom stereocenters. The number of nitrogens with zero attached hydrogens (tertiary/aromatic N) is 3. The standard InChI is InChI=1S/C14H14BrN3O/c15-12-9-13(18-14(17-12)10-4-5-10)19-8-6-11-3-1-2-7-16-11/h1-3,7,9-10H,4-6,8H2. The van der Waals surface area contributed by atoms with E-state index in [1.807, 2.05) is 24.3 Å². The van der Waals surface area contributed by atoms with Crippen LogP contribution < -0.4 is 4.74 Å². The minimum Gasteiger partial charge on any atom is -0.477 e. The molecule has 0 aliphatic heterocycles. The molecule has 0 aromatic carbocycles. The van der Waals surface area contributed by atoms with E-state index >= 15 is 0 Å². The Morgan fingerprint density at radius 1 is 1.26 bits per heavy atom. The van der Waals surface area contributed by atoms with Crippen LogP contribution in [0.1, 0.15) is 30.3 Å². The van der Waals surface area contributed by atoms with E-state index in [-0.39, 0.29) is 0 Å². The maximum atomic E-state index is 5.69. The lowest BCUT2D eigenvalue weighted by Gasteiger charge is -2.07. The monoisotopic (exact) mass is 319 g/mol. The maximum absolute atomic E-state index is 5.69. The molecular formula is C14H14BrN3O. The van der Waals surface area contributed by atoms with Crippen molar-refractivity contribution in [3.63, 3.8) is 0 Å². The number of pyridine rings is 1. The Bertz CT molecular complexity index is 558. The largest absolute Gasteiger partial charge is 0.477 e. The maximum Gasteiger partial charge on any atom is 0.217 e. The van der Waals surface area contributed by atoms with Crippen LogP contribution in [0.2, 0.25) is 0 Å². The van der Waals surface area contributed by atoms with Crippen molar-refractivity contribution < 1.29 is 4.74 Å². The SMILES string of the molecule is Brc1cc(OCCc2ccccn2)nc(C2CC2)n1. The first-order valence-electron chi connectivity index (χ1n) is 6.38. The molecule has 0 saturated heterocycles. The van der Waals surface area contributed by atoms with Gasteiger partial charge in [-0.05, 0) is 40.9 Å². The van der Waals surface area contributed by atoms with E-state index in [0.717, 1.165) is 22.5 Å². The smallest absolute Gasteiger partial charge is 0.217 e. The molecule has 0 amide bonds. The number of halogens is 1. The van der Waals surface area contributed by atoms with Gasteiger partial charge >= 0.3 is 0 Å². The quantitative estimate of drug-likeness (QED) is 0.794. The number of hydrogen-bond donors (Lipinski definition) is 0. The van der Waals surface area contributed by atoms with Crippen molar-refractivity contribution in [2.45, 2.75) is 25.2 Å². The van der Waals surface area contributed by atoms with Crippen LogP contribution in [0, 0.1) is 0 Å². The second-order valence-electron chi connectivity index (χ2n) is 4.58. The number of rotatable bonds is 5. The molecular weight excluding hydrogens is 306 g/mol. The summed E-state index contributed by atoms with van der Waals surface area (Å²) in [7, 11) is 0. The molecule has 5 heteroatoms. The summed E-state index contributed by atoms with van der Waals surface area (Å²) >= 11 is 3.40. The molecule has 4 nitrogen and oxygen atoms in total. The van der Waals surface area contributed by atoms with Gasteiger partial charge in [-0.25, -0.2) is 4.98 Å². The van der Waals surface area contributed by atoms with E-state index < -0.39 is 0 Å². The fourth-order valence-electron chi connectivity index (χ4n) is 1.82. The highest BCUT2D eigenvalue weighted by Crippen LogP contribution is 2.39. The molecule has 3 rings (SSSR count). The summed E-state index contributed by atoms with van der Waals surface area (Å²) in [6.07, 6.45) is 4.94. The second-order valence-corrected chi connectivity index (χ2v) is 5.39. The fraction of sp³-hybridized carbons (Fsp3) is 0.357. The predicted octanol–water partition coefficient (Wildman–Crippen LogP) is 3.13. The first kappa shape index (κ1) is 12.5. The highest BCUT2D eigenvalue weighted by molar-refractivity contribution is 9.10. The molecule has 1 aliphatic rings. The first-order chi connectivity index (χ1) is 9.31. The summed E-state index contributed by atoms with van der Waals surface area (Å²) in [5.74, 6) is 2.05. The summed E-state index contributed by atoms with van der Waals surface area (Å²) in [6, 6.07) is 7.70. The van der Waals surface area contributed by atoms with E-state index in [2.05, 4.69) is 30.9 Å². The summed E-state index contributed by atoms with van der Waals surface area (Å²) < 4.78 is 6.48. The molecule has 1 aliphatic carbocycles. The lowest BCUT2D eigenvalue weighted by atomic mass is 10.3. The lowest BCUT2D eigenvalue weighted by Crippen LogP contribution is -2.05. The van der Waals surface area contributed by atoms with Crippen LogP contribution in [0.15, 0.2) is 35.1 Å². The van der Waals surface area contributed by atoms with Gasteiger partial charge in [-0.3, -0.25) is 4.98 Å². The number of aromatic nitrogens is 3. The number of hydrogen-bond acceptors (Lipinski definition) is 4. The molecule has 0 atom stereocenters. The van der Waals surface area contributed by atoms with Crippen molar-refractivity contribution in [2.24, 2.45) is 0 Å². The molecule has 2 aromatic heterocycles. The average molecular weight is 320 g/mol. The van der Waals surface area contributed by atoms with Crippen molar-refractivity contribution in [2.75, 3.05) is 6.61 Å². The Hall–Kier alpha value is -1.49. The third-order valence-corrected chi connectivity index (χ3v) is 3.37. The van der Waals surface area contributed by atoms with Gasteiger partial charge < -0.3 is 4.74 Å². The minimum absolute atomic E-state index is 0.524. The van der Waals surface area contributed by atoms with Crippen LogP contribution in [0.25, 0.3) is 0 Å². The van der Waals surface area contributed by atoms with Crippen LogP contribution >= 0.6 is 15.9 Å². The molecule has 2 heterocycles. The number of ether oxygens (including phenoxy) is 1. The molecule has 1 saturated carbocycles. The molecule has 0 radical (unpaired) electrons. The summed E-state index contributed by atoms with van der Waals surface area (Å²) in [6.45, 7) is 0.574. The average Bonchev–Trinajstić information content (AvgIpc) is 3.24. The Labute approximate surface area is 120 Å². The highest BCUT2D eigenvalue weighted by atomic mass is 79.9. The van der Waals surface area contributed by atoms with E-state index in [9.17, 15) is 0 Å². The van der Waals surface area contributed by atoms with Crippen molar-refractivity contribution in [3.05, 3.63) is 46.6 Å². The van der Waals surface area contributed by atoms with Crippen LogP contribution in [0.4, 0.5) is 0 Å². The van der Waals surface area contributed by atoms with Gasteiger partial charge in [0.2, 0.25) is 5.88 Å². The van der Waals surface area contributed by atoms with Gasteiger partial charge in [0.1, 0.15) is 10.4 Å². The topological polar surface area (TPSA) is 47.9 Å². The normalized spacial score (nSPS) is 14.4. The van der Waals surface area contributed by atoms with Crippen LogP contribution in [0.3, 0.4) is 0 Å². The van der Waals surface area contributed by atoms with Crippen molar-refractivity contribution in [3.8, 4) is 5.88 Å². The molecule has 0 N–H and O–H groups in total. The predicted molar refractivity (Wildman–Crippen MR) is 75.1 cm³/mol. The van der Waals surface area contributed by atoms with E-state index in [4.69, 9.17) is 4.74 Å². The van der Waals surface area contributed by atoms with E-state index in [1.54, 1.807) is 6.20 Å². The third-order valence-electron chi connectivity index (χ3n) is 2.97. The zero-order chi connectivity index (χ0) is 13.1. The zero-order valence-electron chi connectivity index (χ0n) is 10.4. The highest BCUT2D eigenvalue weighted by Gasteiger charge is 2.27. The lowest BCUT2D eigenvalue weighted by molar-refractivity contribution is 0.306. The minimum atomic E-state index is 0.524. The molecule has 0 bridgehead atoms. The van der Waals surface area contributed by atoms with Crippen molar-refractivity contribution in [1.82, 2.24) is 15.0 Å². The molecule has 1 fully saturated rings. The second kappa shape index (κ2) is 5.65. The first-order valence-corrected chi connectivity index (χ1v) is 7.18. The molecule has 98 valence electrons. The van der Waals surface area contributed by atoms with Crippen LogP contribution in [-0.4, -0.2) is 21.6 Å². The Kier molecular flexibility index (Phi) is 3.73.